The highest BCUT2D eigenvalue weighted by Gasteiger charge is 2.24. The minimum Gasteiger partial charge on any atom is -0.468 e. The van der Waals surface area contributed by atoms with E-state index in [-0.39, 0.29) is 6.10 Å². The van der Waals surface area contributed by atoms with E-state index in [9.17, 15) is 4.79 Å². The van der Waals surface area contributed by atoms with E-state index in [1.807, 2.05) is 36.4 Å². The quantitative estimate of drug-likeness (QED) is 0.730. The molecular weight excluding hydrogens is 218 g/mol. The average Bonchev–Trinajstić information content (AvgIpc) is 2.40. The van der Waals surface area contributed by atoms with Gasteiger partial charge in [0.1, 0.15) is 5.92 Å². The molecule has 4 heteroatoms. The molecule has 0 aliphatic rings. The third kappa shape index (κ3) is 3.58. The number of nitrogens with zero attached hydrogens (tertiary/aromatic N) is 1. The van der Waals surface area contributed by atoms with E-state index < -0.39 is 11.9 Å². The van der Waals surface area contributed by atoms with Crippen LogP contribution in [-0.2, 0) is 14.3 Å². The molecule has 0 heterocycles. The Kier molecular flexibility index (Phi) is 5.18. The normalized spacial score (nSPS) is 13.5. The van der Waals surface area contributed by atoms with Crippen LogP contribution in [0.3, 0.4) is 0 Å². The number of nitriles is 1. The predicted molar refractivity (Wildman–Crippen MR) is 61.9 cm³/mol. The Morgan fingerprint density at radius 1 is 1.35 bits per heavy atom. The SMILES string of the molecule is COC(=O)C(C#N)CC(OC)c1ccccc1. The Morgan fingerprint density at radius 2 is 2.00 bits per heavy atom. The van der Waals surface area contributed by atoms with Crippen LogP contribution in [0.25, 0.3) is 0 Å². The molecule has 1 rings (SSSR count). The van der Waals surface area contributed by atoms with Gasteiger partial charge in [0.05, 0.1) is 19.3 Å². The summed E-state index contributed by atoms with van der Waals surface area (Å²) in [5.74, 6) is -1.32. The Bertz CT molecular complexity index is 397. The van der Waals surface area contributed by atoms with Crippen molar-refractivity contribution in [2.24, 2.45) is 5.92 Å². The van der Waals surface area contributed by atoms with Crippen LogP contribution < -0.4 is 0 Å². The number of methoxy groups -OCH3 is 2. The highest BCUT2D eigenvalue weighted by atomic mass is 16.5. The van der Waals surface area contributed by atoms with Crippen molar-refractivity contribution in [2.75, 3.05) is 14.2 Å². The molecular formula is C13H15NO3. The van der Waals surface area contributed by atoms with Crippen molar-refractivity contribution < 1.29 is 14.3 Å². The number of hydrogen-bond acceptors (Lipinski definition) is 4. The number of esters is 1. The molecule has 0 fully saturated rings. The fourth-order valence-electron chi connectivity index (χ4n) is 1.59. The van der Waals surface area contributed by atoms with Gasteiger partial charge in [-0.15, -0.1) is 0 Å². The first-order valence-corrected chi connectivity index (χ1v) is 5.28. The van der Waals surface area contributed by atoms with Crippen LogP contribution in [0, 0.1) is 17.2 Å². The van der Waals surface area contributed by atoms with Gasteiger partial charge in [0.25, 0.3) is 0 Å². The summed E-state index contributed by atoms with van der Waals surface area (Å²) < 4.78 is 9.87. The second kappa shape index (κ2) is 6.66. The summed E-state index contributed by atoms with van der Waals surface area (Å²) >= 11 is 0. The minimum atomic E-state index is -0.801. The molecule has 0 saturated carbocycles. The molecule has 2 atom stereocenters. The number of carbonyl (C=O) groups excluding carboxylic acids is 1. The third-order valence-electron chi connectivity index (χ3n) is 2.55. The Balaban J connectivity index is 2.77. The summed E-state index contributed by atoms with van der Waals surface area (Å²) in [6, 6.07) is 11.4. The molecule has 0 amide bonds. The van der Waals surface area contributed by atoms with Crippen molar-refractivity contribution >= 4 is 5.97 Å². The monoisotopic (exact) mass is 233 g/mol. The van der Waals surface area contributed by atoms with Crippen LogP contribution in [0.4, 0.5) is 0 Å². The van der Waals surface area contributed by atoms with E-state index in [2.05, 4.69) is 4.74 Å². The van der Waals surface area contributed by atoms with Gasteiger partial charge in [-0.2, -0.15) is 5.26 Å². The molecule has 1 aromatic rings. The molecule has 17 heavy (non-hydrogen) atoms. The molecule has 0 N–H and O–H groups in total. The van der Waals surface area contributed by atoms with Gasteiger partial charge in [0.15, 0.2) is 0 Å². The van der Waals surface area contributed by atoms with Crippen LogP contribution in [0.15, 0.2) is 30.3 Å². The smallest absolute Gasteiger partial charge is 0.323 e. The number of carbonyl (C=O) groups is 1. The van der Waals surface area contributed by atoms with Gasteiger partial charge in [-0.1, -0.05) is 30.3 Å². The van der Waals surface area contributed by atoms with Gasteiger partial charge >= 0.3 is 5.97 Å². The third-order valence-corrected chi connectivity index (χ3v) is 2.55. The fourth-order valence-corrected chi connectivity index (χ4v) is 1.59. The van der Waals surface area contributed by atoms with Crippen LogP contribution in [-0.4, -0.2) is 20.2 Å². The summed E-state index contributed by atoms with van der Waals surface area (Å²) in [7, 11) is 2.83. The van der Waals surface area contributed by atoms with Crippen LogP contribution in [0.1, 0.15) is 18.1 Å². The number of ether oxygens (including phenoxy) is 2. The van der Waals surface area contributed by atoms with Crippen molar-refractivity contribution in [3.8, 4) is 6.07 Å². The van der Waals surface area contributed by atoms with Crippen molar-refractivity contribution in [1.29, 1.82) is 5.26 Å². The summed E-state index contributed by atoms with van der Waals surface area (Å²) in [4.78, 5) is 11.3. The Morgan fingerprint density at radius 3 is 2.47 bits per heavy atom. The van der Waals surface area contributed by atoms with Crippen molar-refractivity contribution in [3.63, 3.8) is 0 Å². The second-order valence-electron chi connectivity index (χ2n) is 3.58. The average molecular weight is 233 g/mol. The fraction of sp³-hybridized carbons (Fsp3) is 0.385. The maximum Gasteiger partial charge on any atom is 0.323 e. The highest BCUT2D eigenvalue weighted by Crippen LogP contribution is 2.24. The van der Waals surface area contributed by atoms with Crippen LogP contribution >= 0.6 is 0 Å². The lowest BCUT2D eigenvalue weighted by Crippen LogP contribution is -2.18. The van der Waals surface area contributed by atoms with Gasteiger partial charge < -0.3 is 9.47 Å². The first-order valence-electron chi connectivity index (χ1n) is 5.28. The molecule has 0 aromatic heterocycles. The molecule has 0 saturated heterocycles. The van der Waals surface area contributed by atoms with Gasteiger partial charge in [-0.3, -0.25) is 4.79 Å². The van der Waals surface area contributed by atoms with Gasteiger partial charge in [-0.05, 0) is 5.56 Å². The highest BCUT2D eigenvalue weighted by molar-refractivity contribution is 5.75. The molecule has 0 aliphatic carbocycles. The maximum atomic E-state index is 11.3. The lowest BCUT2D eigenvalue weighted by atomic mass is 9.98. The summed E-state index contributed by atoms with van der Waals surface area (Å²) in [5.41, 5.74) is 0.944. The molecule has 4 nitrogen and oxygen atoms in total. The zero-order valence-corrected chi connectivity index (χ0v) is 9.92. The van der Waals surface area contributed by atoms with Crippen molar-refractivity contribution in [2.45, 2.75) is 12.5 Å². The first kappa shape index (κ1) is 13.2. The van der Waals surface area contributed by atoms with Crippen LogP contribution in [0.5, 0.6) is 0 Å². The zero-order valence-electron chi connectivity index (χ0n) is 9.92. The van der Waals surface area contributed by atoms with E-state index in [0.29, 0.717) is 6.42 Å². The first-order chi connectivity index (χ1) is 8.22. The van der Waals surface area contributed by atoms with E-state index in [1.165, 1.54) is 7.11 Å². The number of benzene rings is 1. The van der Waals surface area contributed by atoms with Crippen molar-refractivity contribution in [3.05, 3.63) is 35.9 Å². The molecule has 1 aromatic carbocycles. The van der Waals surface area contributed by atoms with Crippen LogP contribution in [0.2, 0.25) is 0 Å². The topological polar surface area (TPSA) is 59.3 Å². The van der Waals surface area contributed by atoms with Gasteiger partial charge in [0, 0.05) is 13.5 Å². The second-order valence-corrected chi connectivity index (χ2v) is 3.58. The molecule has 0 bridgehead atoms. The van der Waals surface area contributed by atoms with E-state index in [1.54, 1.807) is 7.11 Å². The molecule has 0 radical (unpaired) electrons. The standard InChI is InChI=1S/C13H15NO3/c1-16-12(10-6-4-3-5-7-10)8-11(9-14)13(15)17-2/h3-7,11-12H,8H2,1-2H3. The number of hydrogen-bond donors (Lipinski definition) is 0. The van der Waals surface area contributed by atoms with Gasteiger partial charge in [-0.25, -0.2) is 0 Å². The van der Waals surface area contributed by atoms with Gasteiger partial charge in [0.2, 0.25) is 0 Å². The maximum absolute atomic E-state index is 11.3. The Hall–Kier alpha value is -1.86. The van der Waals surface area contributed by atoms with E-state index >= 15 is 0 Å². The Labute approximate surface area is 101 Å². The lowest BCUT2D eigenvalue weighted by molar-refractivity contribution is -0.144. The molecule has 2 unspecified atom stereocenters. The summed E-state index contributed by atoms with van der Waals surface area (Å²) in [6.45, 7) is 0. The van der Waals surface area contributed by atoms with E-state index in [0.717, 1.165) is 5.56 Å². The zero-order chi connectivity index (χ0) is 12.7. The largest absolute Gasteiger partial charge is 0.468 e. The lowest BCUT2D eigenvalue weighted by Gasteiger charge is -2.17. The summed E-state index contributed by atoms with van der Waals surface area (Å²) in [6.07, 6.45) is 0.0175. The minimum absolute atomic E-state index is 0.278. The van der Waals surface area contributed by atoms with Crippen molar-refractivity contribution in [1.82, 2.24) is 0 Å². The molecule has 0 spiro atoms. The van der Waals surface area contributed by atoms with E-state index in [4.69, 9.17) is 10.00 Å². The summed E-state index contributed by atoms with van der Waals surface area (Å²) in [5, 5.41) is 8.91. The molecule has 90 valence electrons. The molecule has 0 aliphatic heterocycles. The predicted octanol–water partition coefficient (Wildman–Crippen LogP) is 2.08. The number of rotatable bonds is 5.